The van der Waals surface area contributed by atoms with Crippen LogP contribution in [0.4, 0.5) is 5.69 Å². The Hall–Kier alpha value is -1.07. The molecule has 1 spiro atoms. The summed E-state index contributed by atoms with van der Waals surface area (Å²) < 4.78 is 29.7. The summed E-state index contributed by atoms with van der Waals surface area (Å²) in [6.07, 6.45) is 6.98. The predicted molar refractivity (Wildman–Crippen MR) is 88.0 cm³/mol. The van der Waals surface area contributed by atoms with Crippen molar-refractivity contribution in [3.63, 3.8) is 0 Å². The summed E-state index contributed by atoms with van der Waals surface area (Å²) in [5.41, 5.74) is 1.09. The number of sulfone groups is 1. The minimum Gasteiger partial charge on any atom is -0.382 e. The molecule has 22 heavy (non-hydrogen) atoms. The lowest BCUT2D eigenvalue weighted by atomic mass is 9.89. The predicted octanol–water partition coefficient (Wildman–Crippen LogP) is 3.38. The Balaban J connectivity index is 1.66. The van der Waals surface area contributed by atoms with Crippen LogP contribution in [0.5, 0.6) is 0 Å². The molecule has 122 valence electrons. The van der Waals surface area contributed by atoms with Crippen LogP contribution < -0.4 is 5.32 Å². The van der Waals surface area contributed by atoms with Crippen LogP contribution in [0.2, 0.25) is 0 Å². The molecular formula is C17H25NO3S. The summed E-state index contributed by atoms with van der Waals surface area (Å²) in [5, 5.41) is 3.55. The van der Waals surface area contributed by atoms with Gasteiger partial charge >= 0.3 is 0 Å². The fraction of sp³-hybridized carbons (Fsp3) is 0.647. The van der Waals surface area contributed by atoms with Gasteiger partial charge in [0.05, 0.1) is 16.2 Å². The topological polar surface area (TPSA) is 55.4 Å². The first-order valence-electron chi connectivity index (χ1n) is 8.26. The fourth-order valence-corrected chi connectivity index (χ4v) is 4.56. The zero-order chi connectivity index (χ0) is 15.6. The molecule has 2 fully saturated rings. The van der Waals surface area contributed by atoms with Crippen molar-refractivity contribution in [1.82, 2.24) is 0 Å². The highest BCUT2D eigenvalue weighted by Crippen LogP contribution is 2.40. The molecule has 1 aromatic rings. The van der Waals surface area contributed by atoms with Crippen molar-refractivity contribution >= 4 is 15.5 Å². The van der Waals surface area contributed by atoms with Crippen LogP contribution in [0.3, 0.4) is 0 Å². The Morgan fingerprint density at radius 2 is 1.91 bits per heavy atom. The lowest BCUT2D eigenvalue weighted by Gasteiger charge is -2.39. The van der Waals surface area contributed by atoms with Gasteiger partial charge in [-0.1, -0.05) is 19.8 Å². The van der Waals surface area contributed by atoms with Crippen molar-refractivity contribution in [1.29, 1.82) is 0 Å². The first kappa shape index (κ1) is 15.8. The first-order chi connectivity index (χ1) is 10.5. The van der Waals surface area contributed by atoms with Crippen LogP contribution in [0.1, 0.15) is 45.4 Å². The second-order valence-electron chi connectivity index (χ2n) is 6.50. The number of benzene rings is 1. The Morgan fingerprint density at radius 1 is 1.23 bits per heavy atom. The average Bonchev–Trinajstić information content (AvgIpc) is 2.95. The zero-order valence-corrected chi connectivity index (χ0v) is 14.0. The van der Waals surface area contributed by atoms with Crippen molar-refractivity contribution in [2.24, 2.45) is 0 Å². The molecule has 0 aromatic heterocycles. The van der Waals surface area contributed by atoms with Gasteiger partial charge < -0.3 is 10.1 Å². The SMILES string of the molecule is CCS(=O)(=O)c1ccc(N[C@H]2CCOC3(CCCC3)C2)cc1. The number of nitrogens with one attached hydrogen (secondary N) is 1. The van der Waals surface area contributed by atoms with Crippen LogP contribution >= 0.6 is 0 Å². The molecule has 4 nitrogen and oxygen atoms in total. The van der Waals surface area contributed by atoms with Crippen LogP contribution in [-0.4, -0.2) is 32.4 Å². The Bertz CT molecular complexity index is 603. The molecule has 1 aromatic carbocycles. The third-order valence-corrected chi connectivity index (χ3v) is 6.72. The second kappa shape index (κ2) is 6.20. The molecule has 1 atom stereocenters. The van der Waals surface area contributed by atoms with E-state index in [1.807, 2.05) is 12.1 Å². The van der Waals surface area contributed by atoms with Crippen molar-refractivity contribution in [2.45, 2.75) is 62.0 Å². The van der Waals surface area contributed by atoms with Crippen LogP contribution in [0.15, 0.2) is 29.2 Å². The first-order valence-corrected chi connectivity index (χ1v) is 9.92. The molecule has 1 aliphatic heterocycles. The van der Waals surface area contributed by atoms with E-state index < -0.39 is 9.84 Å². The second-order valence-corrected chi connectivity index (χ2v) is 8.78. The molecule has 0 amide bonds. The number of rotatable bonds is 4. The summed E-state index contributed by atoms with van der Waals surface area (Å²) in [4.78, 5) is 0.403. The summed E-state index contributed by atoms with van der Waals surface area (Å²) in [5.74, 6) is 0.141. The maximum absolute atomic E-state index is 11.8. The van der Waals surface area contributed by atoms with Gasteiger partial charge in [-0.05, 0) is 49.9 Å². The van der Waals surface area contributed by atoms with Crippen molar-refractivity contribution in [2.75, 3.05) is 17.7 Å². The number of hydrogen-bond acceptors (Lipinski definition) is 4. The molecule has 1 N–H and O–H groups in total. The van der Waals surface area contributed by atoms with Crippen LogP contribution in [0, 0.1) is 0 Å². The van der Waals surface area contributed by atoms with Gasteiger partial charge in [0.25, 0.3) is 0 Å². The number of hydrogen-bond donors (Lipinski definition) is 1. The largest absolute Gasteiger partial charge is 0.382 e. The van der Waals surface area contributed by atoms with Crippen molar-refractivity contribution < 1.29 is 13.2 Å². The standard InChI is InChI=1S/C17H25NO3S/c1-2-22(19,20)16-7-5-14(6-8-16)18-15-9-12-21-17(13-15)10-3-4-11-17/h5-8,15,18H,2-4,9-13H2,1H3/t15-/m0/s1. The minimum absolute atomic E-state index is 0.0986. The molecule has 3 rings (SSSR count). The zero-order valence-electron chi connectivity index (χ0n) is 13.2. The van der Waals surface area contributed by atoms with Gasteiger partial charge in [0.1, 0.15) is 0 Å². The van der Waals surface area contributed by atoms with Gasteiger partial charge in [-0.2, -0.15) is 0 Å². The monoisotopic (exact) mass is 323 g/mol. The quantitative estimate of drug-likeness (QED) is 0.923. The average molecular weight is 323 g/mol. The molecule has 5 heteroatoms. The molecule has 1 aliphatic carbocycles. The van der Waals surface area contributed by atoms with Gasteiger partial charge in [0.2, 0.25) is 0 Å². The van der Waals surface area contributed by atoms with E-state index in [2.05, 4.69) is 5.32 Å². The van der Waals surface area contributed by atoms with Gasteiger partial charge in [-0.3, -0.25) is 0 Å². The van der Waals surface area contributed by atoms with Crippen molar-refractivity contribution in [3.8, 4) is 0 Å². The van der Waals surface area contributed by atoms with Gasteiger partial charge in [-0.15, -0.1) is 0 Å². The third-order valence-electron chi connectivity index (χ3n) is 4.97. The van der Waals surface area contributed by atoms with E-state index in [-0.39, 0.29) is 11.4 Å². The highest BCUT2D eigenvalue weighted by Gasteiger charge is 2.39. The summed E-state index contributed by atoms with van der Waals surface area (Å²) in [6, 6.07) is 7.57. The molecule has 0 unspecified atom stereocenters. The molecule has 0 radical (unpaired) electrons. The van der Waals surface area contributed by atoms with E-state index in [9.17, 15) is 8.42 Å². The van der Waals surface area contributed by atoms with E-state index >= 15 is 0 Å². The molecule has 2 aliphatic rings. The van der Waals surface area contributed by atoms with Crippen molar-refractivity contribution in [3.05, 3.63) is 24.3 Å². The maximum Gasteiger partial charge on any atom is 0.178 e. The highest BCUT2D eigenvalue weighted by atomic mass is 32.2. The van der Waals surface area contributed by atoms with E-state index in [4.69, 9.17) is 4.74 Å². The number of ether oxygens (including phenoxy) is 1. The normalized spacial score (nSPS) is 24.5. The highest BCUT2D eigenvalue weighted by molar-refractivity contribution is 7.91. The molecule has 0 bridgehead atoms. The summed E-state index contributed by atoms with van der Waals surface area (Å²) in [7, 11) is -3.11. The molecular weight excluding hydrogens is 298 g/mol. The lowest BCUT2D eigenvalue weighted by molar-refractivity contribution is -0.0767. The van der Waals surface area contributed by atoms with Gasteiger partial charge in [-0.25, -0.2) is 8.42 Å². The molecule has 1 saturated heterocycles. The van der Waals surface area contributed by atoms with E-state index in [1.54, 1.807) is 19.1 Å². The Kier molecular flexibility index (Phi) is 4.46. The molecule has 1 heterocycles. The lowest BCUT2D eigenvalue weighted by Crippen LogP contribution is -2.42. The Morgan fingerprint density at radius 3 is 2.55 bits per heavy atom. The van der Waals surface area contributed by atoms with E-state index in [0.29, 0.717) is 10.9 Å². The fourth-order valence-electron chi connectivity index (χ4n) is 3.68. The van der Waals surface area contributed by atoms with E-state index in [1.165, 1.54) is 25.7 Å². The number of anilines is 1. The summed E-state index contributed by atoms with van der Waals surface area (Å²) >= 11 is 0. The van der Waals surface area contributed by atoms with Crippen LogP contribution in [0.25, 0.3) is 0 Å². The summed E-state index contributed by atoms with van der Waals surface area (Å²) in [6.45, 7) is 2.49. The third kappa shape index (κ3) is 3.30. The smallest absolute Gasteiger partial charge is 0.178 e. The maximum atomic E-state index is 11.8. The van der Waals surface area contributed by atoms with E-state index in [0.717, 1.165) is 25.1 Å². The minimum atomic E-state index is -3.11. The van der Waals surface area contributed by atoms with Gasteiger partial charge in [0, 0.05) is 18.3 Å². The van der Waals surface area contributed by atoms with Gasteiger partial charge in [0.15, 0.2) is 9.84 Å². The Labute approximate surface area is 133 Å². The molecule has 1 saturated carbocycles. The van der Waals surface area contributed by atoms with Crippen LogP contribution in [-0.2, 0) is 14.6 Å².